The number of nitrogens with zero attached hydrogens (tertiary/aromatic N) is 1. The summed E-state index contributed by atoms with van der Waals surface area (Å²) in [6, 6.07) is 0. The van der Waals surface area contributed by atoms with Gasteiger partial charge in [0.1, 0.15) is 6.29 Å². The fourth-order valence-corrected chi connectivity index (χ4v) is 1.11. The summed E-state index contributed by atoms with van der Waals surface area (Å²) in [4.78, 5) is 12.7. The molecule has 0 saturated heterocycles. The number of hydrogen-bond donors (Lipinski definition) is 0. The Balaban J connectivity index is 4.10. The first-order valence-electron chi connectivity index (χ1n) is 3.79. The minimum absolute atomic E-state index is 0.288. The second-order valence-corrected chi connectivity index (χ2v) is 2.94. The lowest BCUT2D eigenvalue weighted by Gasteiger charge is -2.31. The largest absolute Gasteiger partial charge is 0.301 e. The summed E-state index contributed by atoms with van der Waals surface area (Å²) in [6.45, 7) is 9.87. The van der Waals surface area contributed by atoms with E-state index in [-0.39, 0.29) is 5.54 Å². The number of rotatable bonds is 4. The van der Waals surface area contributed by atoms with Crippen molar-refractivity contribution >= 4 is 6.29 Å². The first kappa shape index (κ1) is 9.63. The lowest BCUT2D eigenvalue weighted by atomic mass is 10.1. The molecule has 0 fully saturated rings. The van der Waals surface area contributed by atoms with Gasteiger partial charge in [0.2, 0.25) is 0 Å². The third-order valence-electron chi connectivity index (χ3n) is 1.87. The summed E-state index contributed by atoms with van der Waals surface area (Å²) < 4.78 is 0. The van der Waals surface area contributed by atoms with E-state index >= 15 is 0 Å². The van der Waals surface area contributed by atoms with Crippen molar-refractivity contribution < 1.29 is 4.79 Å². The number of carbonyl (C=O) groups is 1. The molecule has 0 aromatic carbocycles. The Kier molecular flexibility index (Phi) is 3.58. The van der Waals surface area contributed by atoms with E-state index in [4.69, 9.17) is 0 Å². The zero-order valence-electron chi connectivity index (χ0n) is 7.35. The van der Waals surface area contributed by atoms with Crippen molar-refractivity contribution in [1.29, 1.82) is 0 Å². The molecule has 0 aromatic rings. The molecule has 0 radical (unpaired) electrons. The van der Waals surface area contributed by atoms with Gasteiger partial charge in [0.05, 0.1) is 5.54 Å². The maximum atomic E-state index is 10.5. The molecule has 10 heavy (non-hydrogen) atoms. The lowest BCUT2D eigenvalue weighted by molar-refractivity contribution is -0.116. The van der Waals surface area contributed by atoms with Gasteiger partial charge in [0, 0.05) is 0 Å². The van der Waals surface area contributed by atoms with Crippen LogP contribution < -0.4 is 0 Å². The standard InChI is InChI=1S/C8H17NO/c1-5-9(6-2)8(3,4)7-10/h7H,5-6H2,1-4H3. The quantitative estimate of drug-likeness (QED) is 0.553. The average Bonchev–Trinajstić information content (AvgIpc) is 1.90. The van der Waals surface area contributed by atoms with Crippen LogP contribution in [0.15, 0.2) is 0 Å². The highest BCUT2D eigenvalue weighted by Gasteiger charge is 2.22. The average molecular weight is 143 g/mol. The van der Waals surface area contributed by atoms with Crippen molar-refractivity contribution in [2.45, 2.75) is 33.2 Å². The second kappa shape index (κ2) is 3.71. The van der Waals surface area contributed by atoms with Gasteiger partial charge in [-0.25, -0.2) is 0 Å². The summed E-state index contributed by atoms with van der Waals surface area (Å²) in [5, 5.41) is 0. The smallest absolute Gasteiger partial charge is 0.139 e. The van der Waals surface area contributed by atoms with Crippen molar-refractivity contribution in [3.63, 3.8) is 0 Å². The molecule has 0 rings (SSSR count). The molecule has 60 valence electrons. The first-order valence-corrected chi connectivity index (χ1v) is 3.79. The van der Waals surface area contributed by atoms with Gasteiger partial charge < -0.3 is 4.79 Å². The fraction of sp³-hybridized carbons (Fsp3) is 0.875. The van der Waals surface area contributed by atoms with E-state index in [1.54, 1.807) is 0 Å². The van der Waals surface area contributed by atoms with Gasteiger partial charge >= 0.3 is 0 Å². The summed E-state index contributed by atoms with van der Waals surface area (Å²) >= 11 is 0. The second-order valence-electron chi connectivity index (χ2n) is 2.94. The third-order valence-corrected chi connectivity index (χ3v) is 1.87. The lowest BCUT2D eigenvalue weighted by Crippen LogP contribution is -2.44. The summed E-state index contributed by atoms with van der Waals surface area (Å²) in [5.74, 6) is 0. The Labute approximate surface area is 63.2 Å². The molecular weight excluding hydrogens is 126 g/mol. The number of carbonyl (C=O) groups excluding carboxylic acids is 1. The highest BCUT2D eigenvalue weighted by Crippen LogP contribution is 2.09. The van der Waals surface area contributed by atoms with Crippen molar-refractivity contribution in [3.05, 3.63) is 0 Å². The minimum atomic E-state index is -0.288. The third kappa shape index (κ3) is 2.10. The molecule has 0 heterocycles. The zero-order valence-corrected chi connectivity index (χ0v) is 7.35. The van der Waals surface area contributed by atoms with E-state index in [1.165, 1.54) is 0 Å². The molecule has 0 saturated carbocycles. The number of aldehydes is 1. The van der Waals surface area contributed by atoms with Crippen LogP contribution in [-0.4, -0.2) is 29.8 Å². The predicted octanol–water partition coefficient (Wildman–Crippen LogP) is 1.31. The molecule has 0 atom stereocenters. The van der Waals surface area contributed by atoms with Crippen molar-refractivity contribution in [2.75, 3.05) is 13.1 Å². The molecule has 2 nitrogen and oxygen atoms in total. The molecule has 0 spiro atoms. The van der Waals surface area contributed by atoms with E-state index in [2.05, 4.69) is 18.7 Å². The SMILES string of the molecule is CCN(CC)C(C)(C)C=O. The molecule has 0 unspecified atom stereocenters. The van der Waals surface area contributed by atoms with Gasteiger partial charge in [-0.05, 0) is 26.9 Å². The van der Waals surface area contributed by atoms with Crippen LogP contribution in [-0.2, 0) is 4.79 Å². The maximum Gasteiger partial charge on any atom is 0.139 e. The van der Waals surface area contributed by atoms with Crippen molar-refractivity contribution in [1.82, 2.24) is 4.90 Å². The van der Waals surface area contributed by atoms with E-state index < -0.39 is 0 Å². The topological polar surface area (TPSA) is 20.3 Å². The highest BCUT2D eigenvalue weighted by molar-refractivity contribution is 5.62. The predicted molar refractivity (Wildman–Crippen MR) is 43.1 cm³/mol. The Morgan fingerprint density at radius 3 is 1.80 bits per heavy atom. The Morgan fingerprint density at radius 1 is 1.30 bits per heavy atom. The number of hydrogen-bond acceptors (Lipinski definition) is 2. The van der Waals surface area contributed by atoms with Gasteiger partial charge in [0.25, 0.3) is 0 Å². The maximum absolute atomic E-state index is 10.5. The van der Waals surface area contributed by atoms with Gasteiger partial charge in [-0.3, -0.25) is 4.90 Å². The molecule has 0 bridgehead atoms. The van der Waals surface area contributed by atoms with Crippen LogP contribution >= 0.6 is 0 Å². The van der Waals surface area contributed by atoms with Gasteiger partial charge in [0.15, 0.2) is 0 Å². The molecule has 0 aromatic heterocycles. The first-order chi connectivity index (χ1) is 4.58. The molecule has 0 aliphatic rings. The molecule has 0 aliphatic heterocycles. The van der Waals surface area contributed by atoms with Crippen LogP contribution in [0.3, 0.4) is 0 Å². The van der Waals surface area contributed by atoms with Crippen LogP contribution in [0.25, 0.3) is 0 Å². The molecule has 0 aliphatic carbocycles. The van der Waals surface area contributed by atoms with Crippen molar-refractivity contribution in [3.8, 4) is 0 Å². The molecule has 0 amide bonds. The minimum Gasteiger partial charge on any atom is -0.301 e. The molecule has 2 heteroatoms. The van der Waals surface area contributed by atoms with Gasteiger partial charge in [-0.1, -0.05) is 13.8 Å². The van der Waals surface area contributed by atoms with Crippen LogP contribution in [0.4, 0.5) is 0 Å². The molecule has 0 N–H and O–H groups in total. The van der Waals surface area contributed by atoms with Crippen LogP contribution in [0, 0.1) is 0 Å². The fourth-order valence-electron chi connectivity index (χ4n) is 1.11. The van der Waals surface area contributed by atoms with E-state index in [0.29, 0.717) is 0 Å². The molecular formula is C8H17NO. The summed E-state index contributed by atoms with van der Waals surface area (Å²) in [5.41, 5.74) is -0.288. The Hall–Kier alpha value is -0.370. The van der Waals surface area contributed by atoms with E-state index in [0.717, 1.165) is 19.4 Å². The van der Waals surface area contributed by atoms with Gasteiger partial charge in [-0.2, -0.15) is 0 Å². The van der Waals surface area contributed by atoms with E-state index in [9.17, 15) is 4.79 Å². The summed E-state index contributed by atoms with van der Waals surface area (Å²) in [6.07, 6.45) is 1.00. The van der Waals surface area contributed by atoms with E-state index in [1.807, 2.05) is 13.8 Å². The van der Waals surface area contributed by atoms with Crippen LogP contribution in [0.1, 0.15) is 27.7 Å². The Bertz CT molecular complexity index is 106. The number of likely N-dealkylation sites (N-methyl/N-ethyl adjacent to an activating group) is 1. The summed E-state index contributed by atoms with van der Waals surface area (Å²) in [7, 11) is 0. The monoisotopic (exact) mass is 143 g/mol. The van der Waals surface area contributed by atoms with Crippen LogP contribution in [0.5, 0.6) is 0 Å². The zero-order chi connectivity index (χ0) is 8.20. The van der Waals surface area contributed by atoms with Crippen molar-refractivity contribution in [2.24, 2.45) is 0 Å². The Morgan fingerprint density at radius 2 is 1.70 bits per heavy atom. The normalized spacial score (nSPS) is 12.1. The van der Waals surface area contributed by atoms with Crippen LogP contribution in [0.2, 0.25) is 0 Å². The highest BCUT2D eigenvalue weighted by atomic mass is 16.1. The van der Waals surface area contributed by atoms with Gasteiger partial charge in [-0.15, -0.1) is 0 Å².